The van der Waals surface area contributed by atoms with Gasteiger partial charge in [0.2, 0.25) is 0 Å². The number of hydrogen-bond acceptors (Lipinski definition) is 5. The van der Waals surface area contributed by atoms with Crippen molar-refractivity contribution in [1.29, 1.82) is 0 Å². The predicted octanol–water partition coefficient (Wildman–Crippen LogP) is 5.37. The van der Waals surface area contributed by atoms with Crippen LogP contribution in [0, 0.1) is 11.6 Å². The minimum Gasteiger partial charge on any atom is -0.360 e. The Labute approximate surface area is 211 Å². The highest BCUT2D eigenvalue weighted by Crippen LogP contribution is 2.28. The molecule has 0 saturated carbocycles. The van der Waals surface area contributed by atoms with Gasteiger partial charge in [-0.1, -0.05) is 24.3 Å². The second kappa shape index (κ2) is 10.9. The standard InChI is InChI=1S/C16H11FN2O3S.C11H8FNO/c17-15-6-2-1-5-14(15)16-8-12(11-20)10-19(16)23(21,22)13-4-3-7-18-9-13;12-10-4-2-1-3-9(10)11-5-8(7-14)6-13-11/h1-11H;1-7,13H. The normalized spacial score (nSPS) is 10.9. The SMILES string of the molecule is O=Cc1c[nH]c(-c2ccccc2F)c1.O=Cc1cc(-c2ccccc2F)n(S(=O)(=O)c2cccnc2)c1. The molecular weight excluding hydrogens is 500 g/mol. The van der Waals surface area contributed by atoms with Crippen LogP contribution >= 0.6 is 0 Å². The van der Waals surface area contributed by atoms with Crippen molar-refractivity contribution in [3.63, 3.8) is 0 Å². The lowest BCUT2D eigenvalue weighted by atomic mass is 10.1. The second-order valence-corrected chi connectivity index (χ2v) is 9.51. The Balaban J connectivity index is 0.000000195. The van der Waals surface area contributed by atoms with Gasteiger partial charge in [0.05, 0.1) is 5.69 Å². The van der Waals surface area contributed by atoms with E-state index < -0.39 is 15.8 Å². The molecule has 3 heterocycles. The average Bonchev–Trinajstić information content (AvgIpc) is 3.58. The molecule has 3 aromatic heterocycles. The molecule has 0 amide bonds. The molecule has 0 aliphatic carbocycles. The molecule has 0 spiro atoms. The molecule has 5 rings (SSSR count). The van der Waals surface area contributed by atoms with E-state index in [1.54, 1.807) is 36.5 Å². The number of nitrogens with zero attached hydrogens (tertiary/aromatic N) is 2. The van der Waals surface area contributed by atoms with E-state index in [1.807, 2.05) is 0 Å². The summed E-state index contributed by atoms with van der Waals surface area (Å²) in [4.78, 5) is 28.0. The molecular formula is C27H19F2N3O4S. The molecule has 0 aliphatic heterocycles. The van der Waals surface area contributed by atoms with Crippen LogP contribution in [-0.2, 0) is 10.0 Å². The topological polar surface area (TPSA) is 102 Å². The zero-order chi connectivity index (χ0) is 26.4. The van der Waals surface area contributed by atoms with Crippen LogP contribution in [0.1, 0.15) is 20.7 Å². The van der Waals surface area contributed by atoms with Crippen LogP contribution in [0.25, 0.3) is 22.5 Å². The number of hydrogen-bond donors (Lipinski definition) is 1. The molecule has 0 aliphatic rings. The number of benzene rings is 2. The summed E-state index contributed by atoms with van der Waals surface area (Å²) in [6.07, 6.45) is 6.59. The van der Waals surface area contributed by atoms with Crippen molar-refractivity contribution >= 4 is 22.6 Å². The lowest BCUT2D eigenvalue weighted by molar-refractivity contribution is 0.111. The van der Waals surface area contributed by atoms with Gasteiger partial charge in [-0.2, -0.15) is 0 Å². The van der Waals surface area contributed by atoms with Crippen molar-refractivity contribution in [1.82, 2.24) is 13.9 Å². The van der Waals surface area contributed by atoms with Crippen molar-refractivity contribution < 1.29 is 26.8 Å². The van der Waals surface area contributed by atoms with E-state index in [0.29, 0.717) is 23.1 Å². The number of aldehydes is 2. The van der Waals surface area contributed by atoms with Crippen molar-refractivity contribution in [2.24, 2.45) is 0 Å². The molecule has 0 radical (unpaired) electrons. The molecule has 10 heteroatoms. The molecule has 5 aromatic rings. The first-order valence-electron chi connectivity index (χ1n) is 10.8. The third kappa shape index (κ3) is 5.44. The molecule has 0 fully saturated rings. The number of aromatic amines is 1. The molecule has 7 nitrogen and oxygen atoms in total. The number of carbonyl (C=O) groups is 2. The minimum absolute atomic E-state index is 0.0503. The molecule has 1 N–H and O–H groups in total. The van der Waals surface area contributed by atoms with Gasteiger partial charge in [-0.25, -0.2) is 21.2 Å². The molecule has 0 unspecified atom stereocenters. The second-order valence-electron chi connectivity index (χ2n) is 7.69. The van der Waals surface area contributed by atoms with Crippen molar-refractivity contribution in [3.8, 4) is 22.5 Å². The number of halogens is 2. The van der Waals surface area contributed by atoms with E-state index in [4.69, 9.17) is 0 Å². The summed E-state index contributed by atoms with van der Waals surface area (Å²) in [5, 5.41) is 0. The first-order chi connectivity index (χ1) is 17.8. The quantitative estimate of drug-likeness (QED) is 0.304. The Morgan fingerprint density at radius 3 is 2.03 bits per heavy atom. The summed E-state index contributed by atoms with van der Waals surface area (Å²) in [6, 6.07) is 18.0. The summed E-state index contributed by atoms with van der Waals surface area (Å²) in [7, 11) is -4.00. The minimum atomic E-state index is -4.00. The molecule has 0 atom stereocenters. The Bertz CT molecular complexity index is 1660. The van der Waals surface area contributed by atoms with Gasteiger partial charge in [-0.15, -0.1) is 0 Å². The van der Waals surface area contributed by atoms with E-state index in [1.165, 1.54) is 54.9 Å². The highest BCUT2D eigenvalue weighted by Gasteiger charge is 2.23. The van der Waals surface area contributed by atoms with Crippen LogP contribution in [0.5, 0.6) is 0 Å². The van der Waals surface area contributed by atoms with Gasteiger partial charge in [0.1, 0.15) is 16.5 Å². The van der Waals surface area contributed by atoms with Crippen LogP contribution in [0.15, 0.2) is 102 Å². The van der Waals surface area contributed by atoms with Gasteiger partial charge in [0.25, 0.3) is 10.0 Å². The maximum absolute atomic E-state index is 14.1. The van der Waals surface area contributed by atoms with Gasteiger partial charge >= 0.3 is 0 Å². The monoisotopic (exact) mass is 519 g/mol. The smallest absolute Gasteiger partial charge is 0.269 e. The maximum atomic E-state index is 14.1. The number of nitrogens with one attached hydrogen (secondary N) is 1. The number of pyridine rings is 1. The Kier molecular flexibility index (Phi) is 7.49. The molecule has 37 heavy (non-hydrogen) atoms. The fourth-order valence-electron chi connectivity index (χ4n) is 3.52. The Morgan fingerprint density at radius 2 is 1.46 bits per heavy atom. The lowest BCUT2D eigenvalue weighted by Gasteiger charge is -2.10. The van der Waals surface area contributed by atoms with Crippen LogP contribution in [0.4, 0.5) is 8.78 Å². The van der Waals surface area contributed by atoms with Gasteiger partial charge in [-0.3, -0.25) is 14.6 Å². The average molecular weight is 520 g/mol. The summed E-state index contributed by atoms with van der Waals surface area (Å²) >= 11 is 0. The van der Waals surface area contributed by atoms with Crippen molar-refractivity contribution in [2.45, 2.75) is 4.90 Å². The molecule has 0 bridgehead atoms. The zero-order valence-corrected chi connectivity index (χ0v) is 19.9. The highest BCUT2D eigenvalue weighted by molar-refractivity contribution is 7.90. The maximum Gasteiger partial charge on any atom is 0.269 e. The fraction of sp³-hybridized carbons (Fsp3) is 0. The fourth-order valence-corrected chi connectivity index (χ4v) is 4.86. The first-order valence-corrected chi connectivity index (χ1v) is 12.3. The van der Waals surface area contributed by atoms with Gasteiger partial charge < -0.3 is 4.98 Å². The van der Waals surface area contributed by atoms with E-state index in [-0.39, 0.29) is 27.5 Å². The predicted molar refractivity (Wildman–Crippen MR) is 134 cm³/mol. The van der Waals surface area contributed by atoms with Crippen LogP contribution < -0.4 is 0 Å². The van der Waals surface area contributed by atoms with E-state index >= 15 is 0 Å². The number of carbonyl (C=O) groups excluding carboxylic acids is 2. The van der Waals surface area contributed by atoms with Crippen LogP contribution in [-0.4, -0.2) is 34.9 Å². The van der Waals surface area contributed by atoms with Crippen LogP contribution in [0.2, 0.25) is 0 Å². The van der Waals surface area contributed by atoms with E-state index in [0.717, 1.165) is 16.5 Å². The van der Waals surface area contributed by atoms with Gasteiger partial charge in [-0.05, 0) is 48.5 Å². The Morgan fingerprint density at radius 1 is 0.811 bits per heavy atom. The largest absolute Gasteiger partial charge is 0.360 e. The Hall–Kier alpha value is -4.70. The van der Waals surface area contributed by atoms with Gasteiger partial charge in [0.15, 0.2) is 12.6 Å². The summed E-state index contributed by atoms with van der Waals surface area (Å²) in [6.45, 7) is 0. The van der Waals surface area contributed by atoms with Crippen molar-refractivity contribution in [2.75, 3.05) is 0 Å². The summed E-state index contributed by atoms with van der Waals surface area (Å²) < 4.78 is 53.7. The summed E-state index contributed by atoms with van der Waals surface area (Å²) in [5.74, 6) is -0.877. The molecule has 2 aromatic carbocycles. The molecule has 0 saturated heterocycles. The third-order valence-electron chi connectivity index (χ3n) is 5.29. The van der Waals surface area contributed by atoms with Gasteiger partial charge in [0, 0.05) is 52.7 Å². The highest BCUT2D eigenvalue weighted by atomic mass is 32.2. The number of H-pyrrole nitrogens is 1. The van der Waals surface area contributed by atoms with Crippen LogP contribution in [0.3, 0.4) is 0 Å². The van der Waals surface area contributed by atoms with E-state index in [9.17, 15) is 26.8 Å². The zero-order valence-electron chi connectivity index (χ0n) is 19.1. The van der Waals surface area contributed by atoms with Crippen molar-refractivity contribution in [3.05, 3.63) is 120 Å². The third-order valence-corrected chi connectivity index (χ3v) is 6.95. The first kappa shape index (κ1) is 25.4. The van der Waals surface area contributed by atoms with E-state index in [2.05, 4.69) is 9.97 Å². The summed E-state index contributed by atoms with van der Waals surface area (Å²) in [5.41, 5.74) is 1.91. The molecule has 186 valence electrons. The number of aromatic nitrogens is 3. The lowest BCUT2D eigenvalue weighted by Crippen LogP contribution is -2.13. The number of rotatable bonds is 6.